The number of carbonyl (C=O) groups is 1. The van der Waals surface area contributed by atoms with Gasteiger partial charge >= 0.3 is 12.1 Å². The normalized spacial score (nSPS) is 13.4. The molecule has 1 aromatic rings. The SMILES string of the molecule is CCNC(C(=O)O)c1cc(F)cc(C(F)(F)F)c1. The van der Waals surface area contributed by atoms with Crippen LogP contribution in [0, 0.1) is 5.82 Å². The van der Waals surface area contributed by atoms with Crippen molar-refractivity contribution in [3.8, 4) is 0 Å². The molecular weight excluding hydrogens is 254 g/mol. The number of nitrogens with one attached hydrogen (secondary N) is 1. The van der Waals surface area contributed by atoms with Crippen LogP contribution < -0.4 is 5.32 Å². The molecule has 100 valence electrons. The molecule has 0 aliphatic carbocycles. The number of alkyl halides is 3. The van der Waals surface area contributed by atoms with Gasteiger partial charge in [0.05, 0.1) is 5.56 Å². The monoisotopic (exact) mass is 265 g/mol. The Bertz CT molecular complexity index is 445. The molecule has 3 nitrogen and oxygen atoms in total. The van der Waals surface area contributed by atoms with Gasteiger partial charge in [0, 0.05) is 0 Å². The summed E-state index contributed by atoms with van der Waals surface area (Å²) in [5.41, 5.74) is -1.47. The maximum atomic E-state index is 13.1. The topological polar surface area (TPSA) is 49.3 Å². The van der Waals surface area contributed by atoms with Crippen LogP contribution >= 0.6 is 0 Å². The van der Waals surface area contributed by atoms with Gasteiger partial charge in [-0.2, -0.15) is 13.2 Å². The molecule has 0 aliphatic rings. The minimum atomic E-state index is -4.72. The predicted octanol–water partition coefficient (Wildman–Crippen LogP) is 2.58. The van der Waals surface area contributed by atoms with Crippen molar-refractivity contribution < 1.29 is 27.5 Å². The zero-order valence-corrected chi connectivity index (χ0v) is 9.38. The van der Waals surface area contributed by atoms with E-state index in [1.165, 1.54) is 0 Å². The highest BCUT2D eigenvalue weighted by Crippen LogP contribution is 2.31. The van der Waals surface area contributed by atoms with Crippen molar-refractivity contribution in [2.75, 3.05) is 6.54 Å². The second-order valence-electron chi connectivity index (χ2n) is 3.60. The first-order valence-electron chi connectivity index (χ1n) is 5.09. The number of rotatable bonds is 4. The molecule has 7 heteroatoms. The summed E-state index contributed by atoms with van der Waals surface area (Å²) in [5, 5.41) is 11.3. The Labute approximate surface area is 100 Å². The Hall–Kier alpha value is -1.63. The Balaban J connectivity index is 3.23. The van der Waals surface area contributed by atoms with Gasteiger partial charge in [-0.05, 0) is 30.3 Å². The van der Waals surface area contributed by atoms with Crippen molar-refractivity contribution in [3.63, 3.8) is 0 Å². The molecule has 1 aromatic carbocycles. The van der Waals surface area contributed by atoms with Crippen LogP contribution in [0.25, 0.3) is 0 Å². The summed E-state index contributed by atoms with van der Waals surface area (Å²) in [6.45, 7) is 1.83. The first-order valence-corrected chi connectivity index (χ1v) is 5.09. The van der Waals surface area contributed by atoms with Gasteiger partial charge < -0.3 is 10.4 Å². The zero-order valence-electron chi connectivity index (χ0n) is 9.38. The van der Waals surface area contributed by atoms with Gasteiger partial charge in [0.15, 0.2) is 0 Å². The summed E-state index contributed by atoms with van der Waals surface area (Å²) in [7, 11) is 0. The third-order valence-electron chi connectivity index (χ3n) is 2.24. The lowest BCUT2D eigenvalue weighted by molar-refractivity contribution is -0.140. The number of benzene rings is 1. The Kier molecular flexibility index (Phi) is 4.28. The lowest BCUT2D eigenvalue weighted by atomic mass is 10.0. The standard InChI is InChI=1S/C11H11F4NO2/c1-2-16-9(10(17)18)6-3-7(11(13,14)15)5-8(12)4-6/h3-5,9,16H,2H2,1H3,(H,17,18). The van der Waals surface area contributed by atoms with E-state index >= 15 is 0 Å². The van der Waals surface area contributed by atoms with Gasteiger partial charge in [-0.15, -0.1) is 0 Å². The van der Waals surface area contributed by atoms with Crippen LogP contribution in [0.2, 0.25) is 0 Å². The molecular formula is C11H11F4NO2. The fraction of sp³-hybridized carbons (Fsp3) is 0.364. The maximum absolute atomic E-state index is 13.1. The molecule has 2 N–H and O–H groups in total. The van der Waals surface area contributed by atoms with Crippen LogP contribution in [0.5, 0.6) is 0 Å². The van der Waals surface area contributed by atoms with Crippen LogP contribution in [0.3, 0.4) is 0 Å². The Morgan fingerprint density at radius 3 is 2.44 bits per heavy atom. The highest BCUT2D eigenvalue weighted by Gasteiger charge is 2.32. The van der Waals surface area contributed by atoms with Crippen molar-refractivity contribution in [3.05, 3.63) is 35.1 Å². The number of hydrogen-bond donors (Lipinski definition) is 2. The van der Waals surface area contributed by atoms with E-state index in [9.17, 15) is 22.4 Å². The lowest BCUT2D eigenvalue weighted by Gasteiger charge is -2.15. The van der Waals surface area contributed by atoms with Crippen molar-refractivity contribution in [1.82, 2.24) is 5.32 Å². The van der Waals surface area contributed by atoms with E-state index in [0.717, 1.165) is 6.07 Å². The fourth-order valence-corrected chi connectivity index (χ4v) is 1.49. The van der Waals surface area contributed by atoms with E-state index in [-0.39, 0.29) is 12.1 Å². The van der Waals surface area contributed by atoms with Gasteiger partial charge in [-0.1, -0.05) is 6.92 Å². The molecule has 18 heavy (non-hydrogen) atoms. The fourth-order valence-electron chi connectivity index (χ4n) is 1.49. The van der Waals surface area contributed by atoms with Crippen LogP contribution in [0.4, 0.5) is 17.6 Å². The van der Waals surface area contributed by atoms with Gasteiger partial charge in [0.25, 0.3) is 0 Å². The van der Waals surface area contributed by atoms with Crippen molar-refractivity contribution >= 4 is 5.97 Å². The summed E-state index contributed by atoms with van der Waals surface area (Å²) < 4.78 is 50.5. The van der Waals surface area contributed by atoms with Crippen LogP contribution in [0.15, 0.2) is 18.2 Å². The largest absolute Gasteiger partial charge is 0.480 e. The smallest absolute Gasteiger partial charge is 0.416 e. The molecule has 0 amide bonds. The number of aliphatic carboxylic acids is 1. The van der Waals surface area contributed by atoms with Crippen molar-refractivity contribution in [2.45, 2.75) is 19.1 Å². The predicted molar refractivity (Wildman–Crippen MR) is 55.5 cm³/mol. The van der Waals surface area contributed by atoms with E-state index in [4.69, 9.17) is 5.11 Å². The zero-order chi connectivity index (χ0) is 13.9. The average Bonchev–Trinajstić information content (AvgIpc) is 2.23. The summed E-state index contributed by atoms with van der Waals surface area (Å²) in [5.74, 6) is -2.49. The summed E-state index contributed by atoms with van der Waals surface area (Å²) >= 11 is 0. The molecule has 0 aliphatic heterocycles. The summed E-state index contributed by atoms with van der Waals surface area (Å²) in [4.78, 5) is 10.9. The third kappa shape index (κ3) is 3.43. The van der Waals surface area contributed by atoms with Gasteiger partial charge in [-0.25, -0.2) is 4.39 Å². The molecule has 0 spiro atoms. The van der Waals surface area contributed by atoms with Crippen molar-refractivity contribution in [2.24, 2.45) is 0 Å². The van der Waals surface area contributed by atoms with Gasteiger partial charge in [-0.3, -0.25) is 4.79 Å². The number of hydrogen-bond acceptors (Lipinski definition) is 2. The van der Waals surface area contributed by atoms with E-state index in [0.29, 0.717) is 12.1 Å². The molecule has 1 atom stereocenters. The minimum Gasteiger partial charge on any atom is -0.480 e. The molecule has 0 fully saturated rings. The quantitative estimate of drug-likeness (QED) is 0.823. The Morgan fingerprint density at radius 1 is 1.39 bits per heavy atom. The minimum absolute atomic E-state index is 0.231. The van der Waals surface area contributed by atoms with E-state index < -0.39 is 29.6 Å². The Morgan fingerprint density at radius 2 is 2.00 bits per heavy atom. The average molecular weight is 265 g/mol. The number of carboxylic acids is 1. The summed E-state index contributed by atoms with van der Waals surface area (Å²) in [6, 6.07) is 0.363. The van der Waals surface area contributed by atoms with Gasteiger partial charge in [0.1, 0.15) is 11.9 Å². The maximum Gasteiger partial charge on any atom is 0.416 e. The van der Waals surface area contributed by atoms with E-state index in [2.05, 4.69) is 5.32 Å². The molecule has 0 bridgehead atoms. The van der Waals surface area contributed by atoms with Crippen LogP contribution in [0.1, 0.15) is 24.1 Å². The first kappa shape index (κ1) is 14.4. The molecule has 1 unspecified atom stereocenters. The third-order valence-corrected chi connectivity index (χ3v) is 2.24. The number of likely N-dealkylation sites (N-methyl/N-ethyl adjacent to an activating group) is 1. The molecule has 0 saturated carbocycles. The highest BCUT2D eigenvalue weighted by molar-refractivity contribution is 5.75. The van der Waals surface area contributed by atoms with Crippen LogP contribution in [-0.2, 0) is 11.0 Å². The number of halogens is 4. The van der Waals surface area contributed by atoms with E-state index in [1.807, 2.05) is 0 Å². The molecule has 0 heterocycles. The number of carboxylic acid groups (broad SMARTS) is 1. The van der Waals surface area contributed by atoms with Crippen molar-refractivity contribution in [1.29, 1.82) is 0 Å². The second-order valence-corrected chi connectivity index (χ2v) is 3.60. The van der Waals surface area contributed by atoms with E-state index in [1.54, 1.807) is 6.92 Å². The molecule has 1 rings (SSSR count). The first-order chi connectivity index (χ1) is 8.25. The summed E-state index contributed by atoms with van der Waals surface area (Å²) in [6.07, 6.45) is -4.72. The lowest BCUT2D eigenvalue weighted by Crippen LogP contribution is -2.28. The molecule has 0 aromatic heterocycles. The molecule has 0 radical (unpaired) electrons. The van der Waals surface area contributed by atoms with Crippen LogP contribution in [-0.4, -0.2) is 17.6 Å². The molecule has 0 saturated heterocycles. The van der Waals surface area contributed by atoms with Gasteiger partial charge in [0.2, 0.25) is 0 Å². The second kappa shape index (κ2) is 5.34. The highest BCUT2D eigenvalue weighted by atomic mass is 19.4.